The minimum Gasteiger partial charge on any atom is -0.398 e. The summed E-state index contributed by atoms with van der Waals surface area (Å²) in [5, 5.41) is 3.27. The quantitative estimate of drug-likeness (QED) is 0.458. The van der Waals surface area contributed by atoms with Crippen LogP contribution in [0.1, 0.15) is 31.9 Å². The van der Waals surface area contributed by atoms with Crippen molar-refractivity contribution in [3.8, 4) is 0 Å². The minimum atomic E-state index is -0.0421. The van der Waals surface area contributed by atoms with E-state index in [9.17, 15) is 0 Å². The Morgan fingerprint density at radius 2 is 2.07 bits per heavy atom. The molecular weight excluding hydrogens is 196 g/mol. The molecule has 0 fully saturated rings. The third kappa shape index (κ3) is 2.89. The van der Waals surface area contributed by atoms with E-state index in [1.807, 2.05) is 31.2 Å². The molecule has 0 heterocycles. The zero-order valence-corrected chi connectivity index (χ0v) is 9.38. The second-order valence-electron chi connectivity index (χ2n) is 3.37. The zero-order valence-electron chi connectivity index (χ0n) is 8.63. The van der Waals surface area contributed by atoms with Crippen LogP contribution in [-0.2, 0) is 0 Å². The Bertz CT molecular complexity index is 286. The fraction of sp³-hybridized carbons (Fsp3) is 0.455. The normalized spacial score (nSPS) is 15.1. The first-order chi connectivity index (χ1) is 6.65. The van der Waals surface area contributed by atoms with E-state index in [2.05, 4.69) is 12.2 Å². The first kappa shape index (κ1) is 11.3. The maximum absolute atomic E-state index is 5.90. The van der Waals surface area contributed by atoms with Gasteiger partial charge in [0.2, 0.25) is 0 Å². The second kappa shape index (κ2) is 5.23. The number of para-hydroxylation sites is 1. The maximum atomic E-state index is 5.90. The molecule has 0 radical (unpaired) electrons. The van der Waals surface area contributed by atoms with Gasteiger partial charge in [-0.2, -0.15) is 0 Å². The van der Waals surface area contributed by atoms with E-state index in [1.165, 1.54) is 0 Å². The van der Waals surface area contributed by atoms with E-state index in [1.54, 1.807) is 0 Å². The standard InChI is InChI=1S/C11H17ClN2/c1-3-11(14-8(2)12)9-6-4-5-7-10(9)13/h4-8,11,14H,3,13H2,1-2H3. The van der Waals surface area contributed by atoms with Gasteiger partial charge in [0.25, 0.3) is 0 Å². The third-order valence-electron chi connectivity index (χ3n) is 2.21. The minimum absolute atomic E-state index is 0.0421. The van der Waals surface area contributed by atoms with Crippen molar-refractivity contribution in [2.24, 2.45) is 0 Å². The highest BCUT2D eigenvalue weighted by molar-refractivity contribution is 6.20. The molecular formula is C11H17ClN2. The van der Waals surface area contributed by atoms with Gasteiger partial charge in [0.1, 0.15) is 0 Å². The Hall–Kier alpha value is -0.730. The van der Waals surface area contributed by atoms with Crippen molar-refractivity contribution in [2.45, 2.75) is 31.8 Å². The third-order valence-corrected chi connectivity index (χ3v) is 2.34. The van der Waals surface area contributed by atoms with Crippen LogP contribution in [0, 0.1) is 0 Å². The summed E-state index contributed by atoms with van der Waals surface area (Å²) in [4.78, 5) is 0. The van der Waals surface area contributed by atoms with Gasteiger partial charge >= 0.3 is 0 Å². The molecule has 1 aromatic rings. The van der Waals surface area contributed by atoms with Crippen molar-refractivity contribution in [2.75, 3.05) is 5.73 Å². The maximum Gasteiger partial charge on any atom is 0.0801 e. The lowest BCUT2D eigenvalue weighted by molar-refractivity contribution is 0.515. The lowest BCUT2D eigenvalue weighted by atomic mass is 10.0. The number of hydrogen-bond acceptors (Lipinski definition) is 2. The van der Waals surface area contributed by atoms with Gasteiger partial charge in [0.15, 0.2) is 0 Å². The van der Waals surface area contributed by atoms with Crippen molar-refractivity contribution in [1.82, 2.24) is 5.32 Å². The largest absolute Gasteiger partial charge is 0.398 e. The highest BCUT2D eigenvalue weighted by Crippen LogP contribution is 2.23. The number of nitrogens with two attached hydrogens (primary N) is 1. The van der Waals surface area contributed by atoms with Crippen molar-refractivity contribution < 1.29 is 0 Å². The van der Waals surface area contributed by atoms with Crippen molar-refractivity contribution in [3.63, 3.8) is 0 Å². The summed E-state index contributed by atoms with van der Waals surface area (Å²) < 4.78 is 0. The number of nitrogens with one attached hydrogen (secondary N) is 1. The van der Waals surface area contributed by atoms with Crippen molar-refractivity contribution >= 4 is 17.3 Å². The van der Waals surface area contributed by atoms with Crippen LogP contribution in [-0.4, -0.2) is 5.50 Å². The van der Waals surface area contributed by atoms with Crippen LogP contribution in [0.25, 0.3) is 0 Å². The molecule has 2 unspecified atom stereocenters. The van der Waals surface area contributed by atoms with Crippen LogP contribution in [0.3, 0.4) is 0 Å². The molecule has 1 rings (SSSR count). The number of benzene rings is 1. The molecule has 78 valence electrons. The molecule has 14 heavy (non-hydrogen) atoms. The molecule has 0 saturated carbocycles. The Balaban J connectivity index is 2.83. The summed E-state index contributed by atoms with van der Waals surface area (Å²) in [7, 11) is 0. The highest BCUT2D eigenvalue weighted by atomic mass is 35.5. The number of halogens is 1. The van der Waals surface area contributed by atoms with Crippen LogP contribution in [0.5, 0.6) is 0 Å². The van der Waals surface area contributed by atoms with E-state index >= 15 is 0 Å². The Morgan fingerprint density at radius 3 is 2.57 bits per heavy atom. The van der Waals surface area contributed by atoms with Crippen LogP contribution < -0.4 is 11.1 Å². The molecule has 0 saturated heterocycles. The number of rotatable bonds is 4. The molecule has 3 N–H and O–H groups in total. The van der Waals surface area contributed by atoms with E-state index in [4.69, 9.17) is 17.3 Å². The van der Waals surface area contributed by atoms with Crippen LogP contribution >= 0.6 is 11.6 Å². The smallest absolute Gasteiger partial charge is 0.0801 e. The van der Waals surface area contributed by atoms with E-state index in [-0.39, 0.29) is 11.5 Å². The number of hydrogen-bond donors (Lipinski definition) is 2. The van der Waals surface area contributed by atoms with E-state index in [0.717, 1.165) is 17.7 Å². The molecule has 0 bridgehead atoms. The fourth-order valence-electron chi connectivity index (χ4n) is 1.53. The summed E-state index contributed by atoms with van der Waals surface area (Å²) in [6.45, 7) is 4.03. The van der Waals surface area contributed by atoms with Gasteiger partial charge in [-0.25, -0.2) is 0 Å². The predicted octanol–water partition coefficient (Wildman–Crippen LogP) is 2.89. The van der Waals surface area contributed by atoms with Gasteiger partial charge in [0, 0.05) is 11.7 Å². The summed E-state index contributed by atoms with van der Waals surface area (Å²) in [6, 6.07) is 8.13. The number of alkyl halides is 1. The summed E-state index contributed by atoms with van der Waals surface area (Å²) in [5.41, 5.74) is 7.80. The lowest BCUT2D eigenvalue weighted by Crippen LogP contribution is -2.26. The van der Waals surface area contributed by atoms with Crippen LogP contribution in [0.15, 0.2) is 24.3 Å². The van der Waals surface area contributed by atoms with Crippen LogP contribution in [0.2, 0.25) is 0 Å². The monoisotopic (exact) mass is 212 g/mol. The molecule has 2 nitrogen and oxygen atoms in total. The van der Waals surface area contributed by atoms with Gasteiger partial charge < -0.3 is 5.73 Å². The summed E-state index contributed by atoms with van der Waals surface area (Å²) in [6.07, 6.45) is 0.977. The summed E-state index contributed by atoms with van der Waals surface area (Å²) >= 11 is 5.90. The van der Waals surface area contributed by atoms with Gasteiger partial charge in [-0.15, -0.1) is 11.6 Å². The van der Waals surface area contributed by atoms with E-state index < -0.39 is 0 Å². The SMILES string of the molecule is CCC(NC(C)Cl)c1ccccc1N. The molecule has 2 atom stereocenters. The average Bonchev–Trinajstić information content (AvgIpc) is 2.15. The molecule has 1 aromatic carbocycles. The fourth-order valence-corrected chi connectivity index (χ4v) is 1.69. The predicted molar refractivity (Wildman–Crippen MR) is 62.3 cm³/mol. The first-order valence-electron chi connectivity index (χ1n) is 4.89. The Kier molecular flexibility index (Phi) is 4.23. The Morgan fingerprint density at radius 1 is 1.43 bits per heavy atom. The van der Waals surface area contributed by atoms with E-state index in [0.29, 0.717) is 0 Å². The molecule has 0 aliphatic carbocycles. The van der Waals surface area contributed by atoms with Crippen LogP contribution in [0.4, 0.5) is 5.69 Å². The topological polar surface area (TPSA) is 38.0 Å². The number of anilines is 1. The molecule has 0 amide bonds. The van der Waals surface area contributed by atoms with Crippen molar-refractivity contribution in [3.05, 3.63) is 29.8 Å². The highest BCUT2D eigenvalue weighted by Gasteiger charge is 2.12. The molecule has 0 aliphatic heterocycles. The van der Waals surface area contributed by atoms with Gasteiger partial charge in [-0.1, -0.05) is 25.1 Å². The zero-order chi connectivity index (χ0) is 10.6. The molecule has 0 aliphatic rings. The van der Waals surface area contributed by atoms with Crippen molar-refractivity contribution in [1.29, 1.82) is 0 Å². The average molecular weight is 213 g/mol. The molecule has 3 heteroatoms. The first-order valence-corrected chi connectivity index (χ1v) is 5.33. The number of nitrogen functional groups attached to an aromatic ring is 1. The van der Waals surface area contributed by atoms with Gasteiger partial charge in [-0.05, 0) is 25.0 Å². The lowest BCUT2D eigenvalue weighted by Gasteiger charge is -2.20. The van der Waals surface area contributed by atoms with Gasteiger partial charge in [-0.3, -0.25) is 5.32 Å². The second-order valence-corrected chi connectivity index (χ2v) is 4.03. The molecule has 0 aromatic heterocycles. The van der Waals surface area contributed by atoms with Gasteiger partial charge in [0.05, 0.1) is 5.50 Å². The summed E-state index contributed by atoms with van der Waals surface area (Å²) in [5.74, 6) is 0. The molecule has 0 spiro atoms. The Labute approximate surface area is 90.4 Å².